The molecule has 0 radical (unpaired) electrons. The fraction of sp³-hybridized carbons (Fsp3) is 0.458. The maximum atomic E-state index is 13.5. The number of nitrogens with zero attached hydrogens (tertiary/aromatic N) is 3. The van der Waals surface area contributed by atoms with Crippen molar-refractivity contribution < 1.29 is 24.3 Å². The quantitative estimate of drug-likeness (QED) is 0.511. The van der Waals surface area contributed by atoms with Crippen LogP contribution in [-0.4, -0.2) is 76.3 Å². The molecule has 3 N–H and O–H groups in total. The van der Waals surface area contributed by atoms with Crippen LogP contribution in [0.2, 0.25) is 0 Å². The third-order valence-corrected chi connectivity index (χ3v) is 6.18. The minimum Gasteiger partial charge on any atom is -0.465 e. The lowest BCUT2D eigenvalue weighted by molar-refractivity contribution is -0.142. The highest BCUT2D eigenvalue weighted by atomic mass is 16.4. The fourth-order valence-electron chi connectivity index (χ4n) is 4.42. The maximum Gasteiger partial charge on any atom is 0.405 e. The number of carbonyl (C=O) groups is 4. The van der Waals surface area contributed by atoms with Gasteiger partial charge in [-0.3, -0.25) is 14.4 Å². The Morgan fingerprint density at radius 2 is 1.97 bits per heavy atom. The number of hydrogen-bond acceptors (Lipinski definition) is 5. The average Bonchev–Trinajstić information content (AvgIpc) is 3.02. The van der Waals surface area contributed by atoms with E-state index >= 15 is 0 Å². The van der Waals surface area contributed by atoms with Gasteiger partial charge in [0.1, 0.15) is 17.0 Å². The summed E-state index contributed by atoms with van der Waals surface area (Å²) in [7, 11) is 1.60. The molecule has 2 aliphatic rings. The number of hydrazone groups is 1. The van der Waals surface area contributed by atoms with Gasteiger partial charge in [-0.25, -0.2) is 9.80 Å². The van der Waals surface area contributed by atoms with Crippen LogP contribution in [0.5, 0.6) is 0 Å². The highest BCUT2D eigenvalue weighted by molar-refractivity contribution is 6.13. The van der Waals surface area contributed by atoms with Crippen molar-refractivity contribution in [3.63, 3.8) is 0 Å². The molecule has 1 saturated heterocycles. The van der Waals surface area contributed by atoms with Gasteiger partial charge in [-0.2, -0.15) is 5.10 Å². The lowest BCUT2D eigenvalue weighted by Gasteiger charge is -2.40. The largest absolute Gasteiger partial charge is 0.465 e. The first-order valence-corrected chi connectivity index (χ1v) is 10.9. The third kappa shape index (κ3) is 4.88. The molecule has 0 saturated carbocycles. The molecule has 0 aromatic heterocycles. The molecule has 4 amide bonds. The van der Waals surface area contributed by atoms with E-state index in [2.05, 4.69) is 21.7 Å². The summed E-state index contributed by atoms with van der Waals surface area (Å²) in [5.74, 6) is 1.11. The van der Waals surface area contributed by atoms with E-state index in [0.717, 1.165) is 11.3 Å². The Morgan fingerprint density at radius 1 is 1.29 bits per heavy atom. The molecule has 0 aliphatic carbocycles. The van der Waals surface area contributed by atoms with Gasteiger partial charge in [-0.15, -0.1) is 12.3 Å². The van der Waals surface area contributed by atoms with Gasteiger partial charge in [0.25, 0.3) is 5.91 Å². The lowest BCUT2D eigenvalue weighted by atomic mass is 9.73. The highest BCUT2D eigenvalue weighted by Crippen LogP contribution is 2.38. The average molecular weight is 468 g/mol. The Hall–Kier alpha value is -3.87. The number of rotatable bonds is 7. The summed E-state index contributed by atoms with van der Waals surface area (Å²) in [5.41, 5.74) is -0.779. The summed E-state index contributed by atoms with van der Waals surface area (Å²) in [5, 5.41) is 19.5. The summed E-state index contributed by atoms with van der Waals surface area (Å²) in [4.78, 5) is 52.0. The van der Waals surface area contributed by atoms with Crippen molar-refractivity contribution in [2.75, 3.05) is 20.1 Å². The van der Waals surface area contributed by atoms with Gasteiger partial charge < -0.3 is 20.6 Å². The van der Waals surface area contributed by atoms with Gasteiger partial charge in [-0.1, -0.05) is 30.3 Å². The summed E-state index contributed by atoms with van der Waals surface area (Å²) < 4.78 is 0. The molecule has 2 heterocycles. The Bertz CT molecular complexity index is 1060. The molecule has 0 bridgehead atoms. The Kier molecular flexibility index (Phi) is 6.96. The molecule has 34 heavy (non-hydrogen) atoms. The minimum atomic E-state index is -1.47. The van der Waals surface area contributed by atoms with E-state index in [-0.39, 0.29) is 18.9 Å². The molecule has 2 unspecified atom stereocenters. The number of piperidine rings is 1. The third-order valence-electron chi connectivity index (χ3n) is 6.18. The van der Waals surface area contributed by atoms with Crippen LogP contribution in [0.4, 0.5) is 4.79 Å². The second-order valence-electron chi connectivity index (χ2n) is 9.12. The molecule has 2 aliphatic heterocycles. The smallest absolute Gasteiger partial charge is 0.405 e. The number of carbonyl (C=O) groups excluding carboxylic acids is 3. The summed E-state index contributed by atoms with van der Waals surface area (Å²) in [6.07, 6.45) is 4.81. The van der Waals surface area contributed by atoms with Crippen LogP contribution < -0.4 is 10.6 Å². The number of terminal acetylenes is 1. The zero-order valence-electron chi connectivity index (χ0n) is 19.5. The fourth-order valence-corrected chi connectivity index (χ4v) is 4.42. The van der Waals surface area contributed by atoms with Crippen LogP contribution in [-0.2, 0) is 20.8 Å². The molecule has 10 heteroatoms. The van der Waals surface area contributed by atoms with Gasteiger partial charge in [-0.05, 0) is 25.8 Å². The van der Waals surface area contributed by atoms with Gasteiger partial charge in [0, 0.05) is 33.0 Å². The molecule has 0 spiro atoms. The molecule has 1 fully saturated rings. The second kappa shape index (κ2) is 9.55. The van der Waals surface area contributed by atoms with Crippen LogP contribution >= 0.6 is 0 Å². The Labute approximate surface area is 198 Å². The van der Waals surface area contributed by atoms with Crippen LogP contribution in [0, 0.1) is 17.8 Å². The molecule has 10 nitrogen and oxygen atoms in total. The minimum absolute atomic E-state index is 0.0787. The van der Waals surface area contributed by atoms with Crippen LogP contribution in [0.1, 0.15) is 32.3 Å². The molecular weight excluding hydrogens is 438 g/mol. The molecule has 1 aromatic carbocycles. The van der Waals surface area contributed by atoms with Crippen molar-refractivity contribution in [1.82, 2.24) is 20.5 Å². The van der Waals surface area contributed by atoms with Gasteiger partial charge in [0.05, 0.1) is 5.71 Å². The van der Waals surface area contributed by atoms with E-state index in [9.17, 15) is 19.2 Å². The second-order valence-corrected chi connectivity index (χ2v) is 9.12. The van der Waals surface area contributed by atoms with E-state index in [1.54, 1.807) is 11.9 Å². The van der Waals surface area contributed by atoms with Crippen molar-refractivity contribution in [2.24, 2.45) is 10.5 Å². The monoisotopic (exact) mass is 467 g/mol. The van der Waals surface area contributed by atoms with Crippen molar-refractivity contribution in [1.29, 1.82) is 0 Å². The highest BCUT2D eigenvalue weighted by Gasteiger charge is 2.53. The SMILES string of the molecule is C#CCC(NC(=O)C(C)(C)NC(=O)O)C(=O)N1CCC2=NN(C)C(=O)C2(Cc2ccccc2)C1. The lowest BCUT2D eigenvalue weighted by Crippen LogP contribution is -2.61. The number of carboxylic acid groups (broad SMARTS) is 1. The van der Waals surface area contributed by atoms with Crippen molar-refractivity contribution >= 4 is 29.5 Å². The van der Waals surface area contributed by atoms with E-state index in [0.29, 0.717) is 19.4 Å². The Morgan fingerprint density at radius 3 is 2.59 bits per heavy atom. The van der Waals surface area contributed by atoms with Crippen molar-refractivity contribution in [3.05, 3.63) is 35.9 Å². The van der Waals surface area contributed by atoms with E-state index in [4.69, 9.17) is 11.5 Å². The maximum absolute atomic E-state index is 13.5. The normalized spacial score (nSPS) is 20.6. The molecule has 180 valence electrons. The van der Waals surface area contributed by atoms with Crippen molar-refractivity contribution in [3.8, 4) is 12.3 Å². The van der Waals surface area contributed by atoms with Crippen LogP contribution in [0.3, 0.4) is 0 Å². The number of benzene rings is 1. The van der Waals surface area contributed by atoms with E-state index in [1.165, 1.54) is 18.9 Å². The first kappa shape index (κ1) is 24.8. The predicted molar refractivity (Wildman–Crippen MR) is 125 cm³/mol. The summed E-state index contributed by atoms with van der Waals surface area (Å²) in [6.45, 7) is 3.21. The molecule has 2 atom stereocenters. The summed E-state index contributed by atoms with van der Waals surface area (Å²) >= 11 is 0. The van der Waals surface area contributed by atoms with Crippen LogP contribution in [0.15, 0.2) is 35.4 Å². The van der Waals surface area contributed by atoms with Crippen LogP contribution in [0.25, 0.3) is 0 Å². The van der Waals surface area contributed by atoms with E-state index < -0.39 is 34.9 Å². The molecular formula is C24H29N5O5. The molecule has 1 aromatic rings. The first-order chi connectivity index (χ1) is 16.0. The van der Waals surface area contributed by atoms with Gasteiger partial charge >= 0.3 is 6.09 Å². The zero-order chi connectivity index (χ0) is 25.1. The number of amides is 4. The zero-order valence-corrected chi connectivity index (χ0v) is 19.5. The first-order valence-electron chi connectivity index (χ1n) is 10.9. The van der Waals surface area contributed by atoms with Crippen molar-refractivity contribution in [2.45, 2.75) is 44.7 Å². The number of likely N-dealkylation sites (tertiary alicyclic amines) is 1. The Balaban J connectivity index is 1.84. The number of nitrogens with one attached hydrogen (secondary N) is 2. The van der Waals surface area contributed by atoms with Gasteiger partial charge in [0.15, 0.2) is 0 Å². The molecule has 3 rings (SSSR count). The number of hydrogen-bond donors (Lipinski definition) is 3. The topological polar surface area (TPSA) is 131 Å². The predicted octanol–water partition coefficient (Wildman–Crippen LogP) is 0.830. The summed E-state index contributed by atoms with van der Waals surface area (Å²) in [6, 6.07) is 8.47. The van der Waals surface area contributed by atoms with Gasteiger partial charge in [0.2, 0.25) is 11.8 Å². The standard InChI is InChI=1S/C24H29N5O5/c1-5-9-17(25-20(31)23(2,3)26-22(33)34)19(30)29-13-12-18-24(15-29,21(32)28(4)27-18)14-16-10-7-6-8-11-16/h1,6-8,10-11,17,26H,9,12-15H2,2-4H3,(H,25,31)(H,33,34). The number of fused-ring (bicyclic) bond motifs is 1. The van der Waals surface area contributed by atoms with E-state index in [1.807, 2.05) is 30.3 Å².